The maximum absolute atomic E-state index is 12.5. The van der Waals surface area contributed by atoms with Gasteiger partial charge in [0.25, 0.3) is 10.1 Å². The molecule has 0 saturated carbocycles. The lowest BCUT2D eigenvalue weighted by Crippen LogP contribution is -2.47. The van der Waals surface area contributed by atoms with Gasteiger partial charge in [0.15, 0.2) is 5.79 Å². The minimum absolute atomic E-state index is 0.00844. The van der Waals surface area contributed by atoms with Gasteiger partial charge in [0.05, 0.1) is 15.6 Å². The number of hydrogen-bond acceptors (Lipinski definition) is 7. The molecule has 0 amide bonds. The molecule has 3 fully saturated rings. The maximum Gasteiger partial charge on any atom is 0.297 e. The molecule has 0 aliphatic carbocycles. The monoisotopic (exact) mass is 416 g/mol. The van der Waals surface area contributed by atoms with Crippen LogP contribution in [0.1, 0.15) is 31.7 Å². The van der Waals surface area contributed by atoms with Crippen LogP contribution in [0.25, 0.3) is 0 Å². The van der Waals surface area contributed by atoms with Gasteiger partial charge in [-0.05, 0) is 31.9 Å². The standard InChI is InChI=1S/C18H24O5S3/c1-3-17-8-9-18(24-10-11-25-18)16(23-17)15(22-17)12-21-26(19,20)14-6-4-13(2)5-7-14/h4-7,15-16H,3,8-12H2,1-2H3/t15-,16+,17+/m0/s1. The van der Waals surface area contributed by atoms with E-state index in [1.54, 1.807) is 24.3 Å². The minimum atomic E-state index is -3.80. The summed E-state index contributed by atoms with van der Waals surface area (Å²) in [5, 5.41) is 0. The third kappa shape index (κ3) is 3.33. The van der Waals surface area contributed by atoms with Crippen LogP contribution in [-0.4, -0.2) is 48.6 Å². The van der Waals surface area contributed by atoms with Crippen LogP contribution in [0.4, 0.5) is 0 Å². The molecule has 4 rings (SSSR count). The molecule has 0 aromatic heterocycles. The lowest BCUT2D eigenvalue weighted by atomic mass is 9.99. The van der Waals surface area contributed by atoms with Crippen molar-refractivity contribution in [1.82, 2.24) is 0 Å². The lowest BCUT2D eigenvalue weighted by Gasteiger charge is -2.41. The fourth-order valence-electron chi connectivity index (χ4n) is 3.84. The van der Waals surface area contributed by atoms with Crippen molar-refractivity contribution in [3.8, 4) is 0 Å². The molecular weight excluding hydrogens is 392 g/mol. The van der Waals surface area contributed by atoms with Gasteiger partial charge in [-0.15, -0.1) is 23.5 Å². The molecule has 3 aliphatic heterocycles. The molecule has 0 radical (unpaired) electrons. The molecule has 0 unspecified atom stereocenters. The van der Waals surface area contributed by atoms with Gasteiger partial charge in [0.2, 0.25) is 0 Å². The predicted octanol–water partition coefficient (Wildman–Crippen LogP) is 3.56. The van der Waals surface area contributed by atoms with Crippen LogP contribution in [0, 0.1) is 6.92 Å². The Morgan fingerprint density at radius 3 is 2.50 bits per heavy atom. The predicted molar refractivity (Wildman–Crippen MR) is 104 cm³/mol. The zero-order valence-electron chi connectivity index (χ0n) is 15.0. The summed E-state index contributed by atoms with van der Waals surface area (Å²) in [6.07, 6.45) is 2.14. The molecule has 26 heavy (non-hydrogen) atoms. The van der Waals surface area contributed by atoms with Crippen LogP contribution >= 0.6 is 23.5 Å². The van der Waals surface area contributed by atoms with Gasteiger partial charge >= 0.3 is 0 Å². The smallest absolute Gasteiger partial charge is 0.297 e. The van der Waals surface area contributed by atoms with Gasteiger partial charge in [0, 0.05) is 17.9 Å². The van der Waals surface area contributed by atoms with Crippen molar-refractivity contribution in [2.45, 2.75) is 60.1 Å². The summed E-state index contributed by atoms with van der Waals surface area (Å²) in [6, 6.07) is 6.69. The first kappa shape index (κ1) is 19.1. The highest BCUT2D eigenvalue weighted by Crippen LogP contribution is 2.59. The maximum atomic E-state index is 12.5. The quantitative estimate of drug-likeness (QED) is 0.680. The van der Waals surface area contributed by atoms with Crippen molar-refractivity contribution in [2.24, 2.45) is 0 Å². The molecule has 1 spiro atoms. The van der Waals surface area contributed by atoms with E-state index in [-0.39, 0.29) is 27.8 Å². The summed E-state index contributed by atoms with van der Waals surface area (Å²) in [5.74, 6) is 1.61. The van der Waals surface area contributed by atoms with Crippen LogP contribution in [-0.2, 0) is 23.8 Å². The molecule has 2 bridgehead atoms. The van der Waals surface area contributed by atoms with E-state index in [4.69, 9.17) is 13.7 Å². The molecule has 3 atom stereocenters. The van der Waals surface area contributed by atoms with Gasteiger partial charge in [-0.3, -0.25) is 4.18 Å². The van der Waals surface area contributed by atoms with Gasteiger partial charge in [-0.25, -0.2) is 0 Å². The third-order valence-electron chi connectivity index (χ3n) is 5.35. The Balaban J connectivity index is 1.51. The second-order valence-electron chi connectivity index (χ2n) is 7.02. The second kappa shape index (κ2) is 6.97. The van der Waals surface area contributed by atoms with E-state index >= 15 is 0 Å². The minimum Gasteiger partial charge on any atom is -0.342 e. The fraction of sp³-hybridized carbons (Fsp3) is 0.667. The lowest BCUT2D eigenvalue weighted by molar-refractivity contribution is -0.196. The Morgan fingerprint density at radius 2 is 1.85 bits per heavy atom. The third-order valence-corrected chi connectivity index (χ3v) is 10.3. The van der Waals surface area contributed by atoms with Crippen molar-refractivity contribution < 1.29 is 22.1 Å². The molecule has 1 aromatic rings. The Kier molecular flexibility index (Phi) is 5.12. The van der Waals surface area contributed by atoms with Crippen LogP contribution in [0.3, 0.4) is 0 Å². The van der Waals surface area contributed by atoms with Crippen LogP contribution in [0.15, 0.2) is 29.2 Å². The van der Waals surface area contributed by atoms with E-state index in [0.29, 0.717) is 0 Å². The highest BCUT2D eigenvalue weighted by atomic mass is 32.2. The van der Waals surface area contributed by atoms with Gasteiger partial charge in [-0.2, -0.15) is 8.42 Å². The molecule has 5 nitrogen and oxygen atoms in total. The molecule has 3 aliphatic rings. The largest absolute Gasteiger partial charge is 0.342 e. The molecule has 0 N–H and O–H groups in total. The Hall–Kier alpha value is -0.250. The summed E-state index contributed by atoms with van der Waals surface area (Å²) in [6.45, 7) is 3.96. The Labute approximate surface area is 163 Å². The van der Waals surface area contributed by atoms with E-state index in [2.05, 4.69) is 6.92 Å². The van der Waals surface area contributed by atoms with Gasteiger partial charge in [-0.1, -0.05) is 24.6 Å². The average Bonchev–Trinajstić information content (AvgIpc) is 3.22. The van der Waals surface area contributed by atoms with Crippen LogP contribution in [0.5, 0.6) is 0 Å². The average molecular weight is 417 g/mol. The number of rotatable bonds is 5. The van der Waals surface area contributed by atoms with Gasteiger partial charge < -0.3 is 9.47 Å². The van der Waals surface area contributed by atoms with E-state index < -0.39 is 15.9 Å². The van der Waals surface area contributed by atoms with Crippen molar-refractivity contribution in [2.75, 3.05) is 18.1 Å². The molecule has 144 valence electrons. The summed E-state index contributed by atoms with van der Waals surface area (Å²) in [7, 11) is -3.80. The van der Waals surface area contributed by atoms with E-state index in [9.17, 15) is 8.42 Å². The van der Waals surface area contributed by atoms with E-state index in [0.717, 1.165) is 36.3 Å². The Bertz CT molecular complexity index is 758. The summed E-state index contributed by atoms with van der Waals surface area (Å²) in [5.41, 5.74) is 1.01. The highest BCUT2D eigenvalue weighted by Gasteiger charge is 2.61. The van der Waals surface area contributed by atoms with E-state index in [1.807, 2.05) is 30.4 Å². The van der Waals surface area contributed by atoms with Crippen molar-refractivity contribution >= 4 is 33.6 Å². The second-order valence-corrected chi connectivity index (χ2v) is 11.7. The topological polar surface area (TPSA) is 61.8 Å². The van der Waals surface area contributed by atoms with Crippen LogP contribution < -0.4 is 0 Å². The van der Waals surface area contributed by atoms with Crippen molar-refractivity contribution in [1.29, 1.82) is 0 Å². The number of hydrogen-bond donors (Lipinski definition) is 0. The van der Waals surface area contributed by atoms with E-state index in [1.165, 1.54) is 0 Å². The fourth-order valence-corrected chi connectivity index (χ4v) is 8.18. The number of fused-ring (bicyclic) bond motifs is 3. The summed E-state index contributed by atoms with van der Waals surface area (Å²) >= 11 is 3.84. The van der Waals surface area contributed by atoms with Crippen molar-refractivity contribution in [3.05, 3.63) is 29.8 Å². The molecular formula is C18H24O5S3. The van der Waals surface area contributed by atoms with Crippen molar-refractivity contribution in [3.63, 3.8) is 0 Å². The molecule has 3 heterocycles. The number of ether oxygens (including phenoxy) is 2. The summed E-state index contributed by atoms with van der Waals surface area (Å²) < 4.78 is 43.0. The highest BCUT2D eigenvalue weighted by molar-refractivity contribution is 8.21. The Morgan fingerprint density at radius 1 is 1.15 bits per heavy atom. The number of thioether (sulfide) groups is 2. The summed E-state index contributed by atoms with van der Waals surface area (Å²) in [4.78, 5) is 0.175. The zero-order valence-corrected chi connectivity index (χ0v) is 17.4. The molecule has 8 heteroatoms. The SMILES string of the molecule is CC[C@]12CCC3(SCCS3)[C@H](O1)[C@H](COS(=O)(=O)c1ccc(C)cc1)O2. The van der Waals surface area contributed by atoms with Gasteiger partial charge in [0.1, 0.15) is 12.2 Å². The first-order valence-corrected chi connectivity index (χ1v) is 12.4. The normalized spacial score (nSPS) is 33.0. The first-order valence-electron chi connectivity index (χ1n) is 8.98. The number of benzene rings is 1. The molecule has 3 saturated heterocycles. The first-order chi connectivity index (χ1) is 12.4. The number of aryl methyl sites for hydroxylation is 1. The van der Waals surface area contributed by atoms with Crippen LogP contribution in [0.2, 0.25) is 0 Å². The zero-order chi connectivity index (χ0) is 18.4. The molecule has 1 aromatic carbocycles.